The van der Waals surface area contributed by atoms with Crippen molar-refractivity contribution in [1.82, 2.24) is 5.32 Å². The van der Waals surface area contributed by atoms with E-state index >= 15 is 0 Å². The van der Waals surface area contributed by atoms with Crippen LogP contribution in [-0.2, 0) is 4.79 Å². The predicted octanol–water partition coefficient (Wildman–Crippen LogP) is 3.18. The van der Waals surface area contributed by atoms with Crippen molar-refractivity contribution >= 4 is 5.91 Å². The molecule has 0 unspecified atom stereocenters. The lowest BCUT2D eigenvalue weighted by molar-refractivity contribution is -0.116. The Bertz CT molecular complexity index is 207. The van der Waals surface area contributed by atoms with E-state index in [9.17, 15) is 4.79 Å². The Morgan fingerprint density at radius 1 is 1.27 bits per heavy atom. The molecule has 1 heterocycles. The molecule has 1 amide bonds. The maximum absolute atomic E-state index is 11.1. The smallest absolute Gasteiger partial charge is 0.246 e. The SMILES string of the molecule is C=C1C[C@H](CCCCCCCC)NC1=O. The van der Waals surface area contributed by atoms with Crippen LogP contribution in [0.25, 0.3) is 0 Å². The maximum atomic E-state index is 11.1. The van der Waals surface area contributed by atoms with Gasteiger partial charge in [-0.1, -0.05) is 52.0 Å². The summed E-state index contributed by atoms with van der Waals surface area (Å²) in [6.45, 7) is 5.98. The zero-order valence-corrected chi connectivity index (χ0v) is 9.85. The first kappa shape index (κ1) is 12.3. The number of rotatable bonds is 7. The lowest BCUT2D eigenvalue weighted by atomic mass is 10.0. The highest BCUT2D eigenvalue weighted by molar-refractivity contribution is 5.95. The normalized spacial score (nSPS) is 20.7. The Balaban J connectivity index is 1.97. The first-order valence-corrected chi connectivity index (χ1v) is 6.22. The van der Waals surface area contributed by atoms with Gasteiger partial charge in [-0.05, 0) is 12.8 Å². The quantitative estimate of drug-likeness (QED) is 0.506. The zero-order chi connectivity index (χ0) is 11.1. The molecule has 0 saturated carbocycles. The van der Waals surface area contributed by atoms with Crippen LogP contribution in [0.3, 0.4) is 0 Å². The first-order valence-electron chi connectivity index (χ1n) is 6.22. The molecule has 0 aromatic carbocycles. The molecular formula is C13H23NO. The molecule has 0 radical (unpaired) electrons. The number of carbonyl (C=O) groups is 1. The lowest BCUT2D eigenvalue weighted by Crippen LogP contribution is -2.25. The van der Waals surface area contributed by atoms with Crippen molar-refractivity contribution in [2.24, 2.45) is 0 Å². The van der Waals surface area contributed by atoms with Crippen LogP contribution in [0, 0.1) is 0 Å². The highest BCUT2D eigenvalue weighted by Crippen LogP contribution is 2.18. The summed E-state index contributed by atoms with van der Waals surface area (Å²) >= 11 is 0. The van der Waals surface area contributed by atoms with Gasteiger partial charge in [0.2, 0.25) is 5.91 Å². The van der Waals surface area contributed by atoms with E-state index in [4.69, 9.17) is 0 Å². The van der Waals surface area contributed by atoms with Gasteiger partial charge in [-0.25, -0.2) is 0 Å². The van der Waals surface area contributed by atoms with Crippen LogP contribution in [0.1, 0.15) is 58.3 Å². The van der Waals surface area contributed by atoms with Gasteiger partial charge >= 0.3 is 0 Å². The van der Waals surface area contributed by atoms with Gasteiger partial charge in [0, 0.05) is 11.6 Å². The molecule has 1 aliphatic heterocycles. The summed E-state index contributed by atoms with van der Waals surface area (Å²) in [4.78, 5) is 11.1. The number of carbonyl (C=O) groups excluding carboxylic acids is 1. The van der Waals surface area contributed by atoms with E-state index in [0.717, 1.165) is 18.4 Å². The Hall–Kier alpha value is -0.790. The van der Waals surface area contributed by atoms with E-state index in [-0.39, 0.29) is 5.91 Å². The monoisotopic (exact) mass is 209 g/mol. The number of unbranched alkanes of at least 4 members (excludes halogenated alkanes) is 5. The zero-order valence-electron chi connectivity index (χ0n) is 9.85. The van der Waals surface area contributed by atoms with Gasteiger partial charge in [-0.3, -0.25) is 4.79 Å². The lowest BCUT2D eigenvalue weighted by Gasteiger charge is -2.08. The van der Waals surface area contributed by atoms with Crippen LogP contribution in [0.2, 0.25) is 0 Å². The van der Waals surface area contributed by atoms with Crippen LogP contribution in [-0.4, -0.2) is 11.9 Å². The molecule has 1 fully saturated rings. The Morgan fingerprint density at radius 2 is 1.93 bits per heavy atom. The molecule has 0 bridgehead atoms. The van der Waals surface area contributed by atoms with Gasteiger partial charge in [0.25, 0.3) is 0 Å². The van der Waals surface area contributed by atoms with Gasteiger partial charge in [0.15, 0.2) is 0 Å². The fourth-order valence-electron chi connectivity index (χ4n) is 2.07. The summed E-state index contributed by atoms with van der Waals surface area (Å²) in [5, 5.41) is 2.97. The fraction of sp³-hybridized carbons (Fsp3) is 0.769. The molecule has 86 valence electrons. The molecule has 0 aromatic heterocycles. The minimum absolute atomic E-state index is 0.0611. The molecule has 1 N–H and O–H groups in total. The summed E-state index contributed by atoms with van der Waals surface area (Å²) in [7, 11) is 0. The third-order valence-corrected chi connectivity index (χ3v) is 3.06. The van der Waals surface area contributed by atoms with Crippen LogP contribution in [0.5, 0.6) is 0 Å². The predicted molar refractivity (Wildman–Crippen MR) is 63.7 cm³/mol. The largest absolute Gasteiger partial charge is 0.349 e. The second-order valence-electron chi connectivity index (χ2n) is 4.53. The van der Waals surface area contributed by atoms with Crippen molar-refractivity contribution in [3.63, 3.8) is 0 Å². The molecule has 1 saturated heterocycles. The third-order valence-electron chi connectivity index (χ3n) is 3.06. The second kappa shape index (κ2) is 6.65. The topological polar surface area (TPSA) is 29.1 Å². The molecule has 2 nitrogen and oxygen atoms in total. The van der Waals surface area contributed by atoms with Crippen molar-refractivity contribution < 1.29 is 4.79 Å². The molecule has 0 aliphatic carbocycles. The van der Waals surface area contributed by atoms with E-state index < -0.39 is 0 Å². The number of amides is 1. The van der Waals surface area contributed by atoms with Crippen molar-refractivity contribution in [2.45, 2.75) is 64.3 Å². The molecule has 1 rings (SSSR count). The van der Waals surface area contributed by atoms with Gasteiger partial charge in [-0.15, -0.1) is 0 Å². The average Bonchev–Trinajstić information content (AvgIpc) is 2.52. The van der Waals surface area contributed by atoms with Crippen LogP contribution in [0.4, 0.5) is 0 Å². The molecule has 15 heavy (non-hydrogen) atoms. The van der Waals surface area contributed by atoms with E-state index in [0.29, 0.717) is 6.04 Å². The van der Waals surface area contributed by atoms with Crippen LogP contribution < -0.4 is 5.32 Å². The maximum Gasteiger partial charge on any atom is 0.246 e. The fourth-order valence-corrected chi connectivity index (χ4v) is 2.07. The summed E-state index contributed by atoms with van der Waals surface area (Å²) in [5.41, 5.74) is 0.756. The summed E-state index contributed by atoms with van der Waals surface area (Å²) < 4.78 is 0. The van der Waals surface area contributed by atoms with Crippen LogP contribution >= 0.6 is 0 Å². The van der Waals surface area contributed by atoms with Crippen molar-refractivity contribution in [2.75, 3.05) is 0 Å². The van der Waals surface area contributed by atoms with Gasteiger partial charge in [0.05, 0.1) is 0 Å². The molecule has 0 aromatic rings. The highest BCUT2D eigenvalue weighted by Gasteiger charge is 2.23. The van der Waals surface area contributed by atoms with Crippen molar-refractivity contribution in [3.05, 3.63) is 12.2 Å². The third kappa shape index (κ3) is 4.50. The van der Waals surface area contributed by atoms with E-state index in [2.05, 4.69) is 18.8 Å². The summed E-state index contributed by atoms with van der Waals surface area (Å²) in [6, 6.07) is 0.371. The van der Waals surface area contributed by atoms with Crippen molar-refractivity contribution in [1.29, 1.82) is 0 Å². The number of hydrogen-bond acceptors (Lipinski definition) is 1. The first-order chi connectivity index (χ1) is 7.24. The molecule has 2 heteroatoms. The minimum Gasteiger partial charge on any atom is -0.349 e. The van der Waals surface area contributed by atoms with Gasteiger partial charge < -0.3 is 5.32 Å². The number of hydrogen-bond donors (Lipinski definition) is 1. The second-order valence-corrected chi connectivity index (χ2v) is 4.53. The molecule has 0 spiro atoms. The Labute approximate surface area is 93.1 Å². The standard InChI is InChI=1S/C13H23NO/c1-3-4-5-6-7-8-9-12-10-11(2)13(15)14-12/h12H,2-10H2,1H3,(H,14,15)/t12-/m0/s1. The van der Waals surface area contributed by atoms with Gasteiger partial charge in [-0.2, -0.15) is 0 Å². The molecule has 1 atom stereocenters. The van der Waals surface area contributed by atoms with Gasteiger partial charge in [0.1, 0.15) is 0 Å². The molecular weight excluding hydrogens is 186 g/mol. The average molecular weight is 209 g/mol. The Morgan fingerprint density at radius 3 is 2.53 bits per heavy atom. The summed E-state index contributed by atoms with van der Waals surface area (Å²) in [6.07, 6.45) is 9.89. The van der Waals surface area contributed by atoms with Crippen molar-refractivity contribution in [3.8, 4) is 0 Å². The minimum atomic E-state index is 0.0611. The van der Waals surface area contributed by atoms with E-state index in [1.807, 2.05) is 0 Å². The Kier molecular flexibility index (Phi) is 5.44. The molecule has 1 aliphatic rings. The highest BCUT2D eigenvalue weighted by atomic mass is 16.2. The van der Waals surface area contributed by atoms with E-state index in [1.165, 1.54) is 38.5 Å². The van der Waals surface area contributed by atoms with E-state index in [1.54, 1.807) is 0 Å². The number of nitrogens with one attached hydrogen (secondary N) is 1. The van der Waals surface area contributed by atoms with Crippen LogP contribution in [0.15, 0.2) is 12.2 Å². The summed E-state index contributed by atoms with van der Waals surface area (Å²) in [5.74, 6) is 0.0611.